The van der Waals surface area contributed by atoms with Crippen LogP contribution in [0, 0.1) is 0 Å². The molecule has 1 aliphatic heterocycles. The smallest absolute Gasteiger partial charge is 0.496 e. The van der Waals surface area contributed by atoms with E-state index in [1.807, 2.05) is 0 Å². The fraction of sp³-hybridized carbons (Fsp3) is 0.375. The van der Waals surface area contributed by atoms with Gasteiger partial charge in [0.15, 0.2) is 0 Å². The molecule has 0 unspecified atom stereocenters. The molecule has 0 bridgehead atoms. The van der Waals surface area contributed by atoms with E-state index in [0.717, 1.165) is 0 Å². The number of hydrogen-bond acceptors (Lipinski definition) is 7. The SMILES string of the molecule is CCOC(=O)Oc1ccc(C(=O)N2CCC(NC(=O)c3c(OC)cccc3OC)CC2)cc1. The molecule has 1 aliphatic rings. The highest BCUT2D eigenvalue weighted by Gasteiger charge is 2.27. The van der Waals surface area contributed by atoms with Crippen molar-refractivity contribution >= 4 is 18.0 Å². The predicted octanol–water partition coefficient (Wildman–Crippen LogP) is 3.27. The highest BCUT2D eigenvalue weighted by atomic mass is 16.7. The van der Waals surface area contributed by atoms with E-state index in [1.165, 1.54) is 14.2 Å². The van der Waals surface area contributed by atoms with Gasteiger partial charge >= 0.3 is 6.16 Å². The lowest BCUT2D eigenvalue weighted by molar-refractivity contribution is 0.0697. The first-order valence-corrected chi connectivity index (χ1v) is 10.7. The number of ether oxygens (including phenoxy) is 4. The fourth-order valence-corrected chi connectivity index (χ4v) is 3.65. The predicted molar refractivity (Wildman–Crippen MR) is 120 cm³/mol. The van der Waals surface area contributed by atoms with Gasteiger partial charge in [0.2, 0.25) is 0 Å². The number of nitrogens with one attached hydrogen (secondary N) is 1. The Balaban J connectivity index is 1.55. The van der Waals surface area contributed by atoms with Crippen LogP contribution in [0.3, 0.4) is 0 Å². The van der Waals surface area contributed by atoms with Crippen LogP contribution >= 0.6 is 0 Å². The normalized spacial score (nSPS) is 13.7. The van der Waals surface area contributed by atoms with Gasteiger partial charge in [0.05, 0.1) is 20.8 Å². The minimum absolute atomic E-state index is 0.0727. The molecule has 2 amide bonds. The molecule has 1 fully saturated rings. The average Bonchev–Trinajstić information content (AvgIpc) is 2.84. The maximum atomic E-state index is 12.9. The molecule has 0 aromatic heterocycles. The topological polar surface area (TPSA) is 103 Å². The second kappa shape index (κ2) is 11.2. The van der Waals surface area contributed by atoms with Gasteiger partial charge in [0.1, 0.15) is 22.8 Å². The molecule has 3 rings (SSSR count). The van der Waals surface area contributed by atoms with E-state index in [9.17, 15) is 14.4 Å². The number of nitrogens with zero attached hydrogens (tertiary/aromatic N) is 1. The molecule has 0 spiro atoms. The second-order valence-electron chi connectivity index (χ2n) is 7.39. The Bertz CT molecular complexity index is 961. The molecule has 9 heteroatoms. The lowest BCUT2D eigenvalue weighted by Crippen LogP contribution is -2.46. The number of benzene rings is 2. The molecule has 0 aliphatic carbocycles. The summed E-state index contributed by atoms with van der Waals surface area (Å²) >= 11 is 0. The van der Waals surface area contributed by atoms with Gasteiger partial charge in [-0.3, -0.25) is 9.59 Å². The van der Waals surface area contributed by atoms with E-state index in [2.05, 4.69) is 5.32 Å². The maximum absolute atomic E-state index is 12.9. The van der Waals surface area contributed by atoms with Crippen molar-refractivity contribution in [3.63, 3.8) is 0 Å². The summed E-state index contributed by atoms with van der Waals surface area (Å²) in [7, 11) is 3.01. The van der Waals surface area contributed by atoms with Gasteiger partial charge in [0.25, 0.3) is 11.8 Å². The molecule has 1 saturated heterocycles. The van der Waals surface area contributed by atoms with Gasteiger partial charge in [-0.05, 0) is 56.2 Å². The monoisotopic (exact) mass is 456 g/mol. The van der Waals surface area contributed by atoms with Crippen LogP contribution in [0.1, 0.15) is 40.5 Å². The number of rotatable bonds is 7. The zero-order valence-corrected chi connectivity index (χ0v) is 19.0. The van der Waals surface area contributed by atoms with Crippen LogP contribution in [0.4, 0.5) is 4.79 Å². The molecule has 2 aromatic rings. The van der Waals surface area contributed by atoms with Gasteiger partial charge < -0.3 is 29.2 Å². The number of methoxy groups -OCH3 is 2. The molecule has 1 heterocycles. The first kappa shape index (κ1) is 23.9. The third kappa shape index (κ3) is 5.94. The summed E-state index contributed by atoms with van der Waals surface area (Å²) in [6.45, 7) is 2.92. The Kier molecular flexibility index (Phi) is 8.12. The van der Waals surface area contributed by atoms with Crippen LogP contribution in [0.5, 0.6) is 17.2 Å². The Hall–Kier alpha value is -3.75. The summed E-state index contributed by atoms with van der Waals surface area (Å²) in [5, 5.41) is 3.02. The van der Waals surface area contributed by atoms with Crippen LogP contribution in [0.25, 0.3) is 0 Å². The van der Waals surface area contributed by atoms with Gasteiger partial charge in [-0.1, -0.05) is 6.07 Å². The third-order valence-corrected chi connectivity index (χ3v) is 5.34. The van der Waals surface area contributed by atoms with E-state index >= 15 is 0 Å². The van der Waals surface area contributed by atoms with Gasteiger partial charge in [-0.15, -0.1) is 0 Å². The van der Waals surface area contributed by atoms with E-state index < -0.39 is 6.16 Å². The number of piperidine rings is 1. The van der Waals surface area contributed by atoms with Crippen LogP contribution < -0.4 is 19.5 Å². The molecule has 0 saturated carbocycles. The number of amides is 2. The first-order valence-electron chi connectivity index (χ1n) is 10.7. The fourth-order valence-electron chi connectivity index (χ4n) is 3.65. The Morgan fingerprint density at radius 2 is 1.58 bits per heavy atom. The molecule has 2 aromatic carbocycles. The molecule has 33 heavy (non-hydrogen) atoms. The molecule has 1 N–H and O–H groups in total. The van der Waals surface area contributed by atoms with Crippen molar-refractivity contribution in [2.45, 2.75) is 25.8 Å². The molecule has 0 atom stereocenters. The minimum Gasteiger partial charge on any atom is -0.496 e. The third-order valence-electron chi connectivity index (χ3n) is 5.34. The highest BCUT2D eigenvalue weighted by molar-refractivity contribution is 6.00. The molecule has 176 valence electrons. The Labute approximate surface area is 192 Å². The van der Waals surface area contributed by atoms with Crippen molar-refractivity contribution in [3.8, 4) is 17.2 Å². The van der Waals surface area contributed by atoms with E-state index in [4.69, 9.17) is 18.9 Å². The lowest BCUT2D eigenvalue weighted by Gasteiger charge is -2.32. The number of hydrogen-bond donors (Lipinski definition) is 1. The minimum atomic E-state index is -0.786. The summed E-state index contributed by atoms with van der Waals surface area (Å²) in [6, 6.07) is 11.4. The maximum Gasteiger partial charge on any atom is 0.513 e. The number of carbonyl (C=O) groups is 3. The quantitative estimate of drug-likeness (QED) is 0.504. The molecular formula is C24H28N2O7. The molecule has 9 nitrogen and oxygen atoms in total. The highest BCUT2D eigenvalue weighted by Crippen LogP contribution is 2.28. The number of carbonyl (C=O) groups excluding carboxylic acids is 3. The standard InChI is InChI=1S/C24H28N2O7/c1-4-32-24(29)33-18-10-8-16(9-11-18)23(28)26-14-12-17(13-15-26)25-22(27)21-19(30-2)6-5-7-20(21)31-3/h5-11,17H,4,12-15H2,1-3H3,(H,25,27). The van der Waals surface area contributed by atoms with Crippen molar-refractivity contribution in [3.05, 3.63) is 53.6 Å². The van der Waals surface area contributed by atoms with Crippen LogP contribution in [-0.2, 0) is 4.74 Å². The summed E-state index contributed by atoms with van der Waals surface area (Å²) in [5.41, 5.74) is 0.846. The molecule has 0 radical (unpaired) electrons. The zero-order chi connectivity index (χ0) is 23.8. The summed E-state index contributed by atoms with van der Waals surface area (Å²) < 4.78 is 20.4. The summed E-state index contributed by atoms with van der Waals surface area (Å²) in [6.07, 6.45) is 0.462. The first-order chi connectivity index (χ1) is 16.0. The molecular weight excluding hydrogens is 428 g/mol. The van der Waals surface area contributed by atoms with E-state index in [0.29, 0.717) is 54.3 Å². The average molecular weight is 456 g/mol. The van der Waals surface area contributed by atoms with Crippen LogP contribution in [0.2, 0.25) is 0 Å². The summed E-state index contributed by atoms with van der Waals surface area (Å²) in [5.74, 6) is 0.794. The van der Waals surface area contributed by atoms with Crippen molar-refractivity contribution < 1.29 is 33.3 Å². The Morgan fingerprint density at radius 3 is 2.12 bits per heavy atom. The van der Waals surface area contributed by atoms with E-state index in [1.54, 1.807) is 54.3 Å². The van der Waals surface area contributed by atoms with Crippen molar-refractivity contribution in [1.29, 1.82) is 0 Å². The second-order valence-corrected chi connectivity index (χ2v) is 7.39. The Morgan fingerprint density at radius 1 is 0.970 bits per heavy atom. The van der Waals surface area contributed by atoms with Gasteiger partial charge in [-0.2, -0.15) is 0 Å². The lowest BCUT2D eigenvalue weighted by atomic mass is 10.0. The van der Waals surface area contributed by atoms with Crippen LogP contribution in [-0.4, -0.2) is 62.8 Å². The van der Waals surface area contributed by atoms with Gasteiger partial charge in [-0.25, -0.2) is 4.79 Å². The van der Waals surface area contributed by atoms with Gasteiger partial charge in [0, 0.05) is 24.7 Å². The van der Waals surface area contributed by atoms with Crippen molar-refractivity contribution in [1.82, 2.24) is 10.2 Å². The van der Waals surface area contributed by atoms with Crippen LogP contribution in [0.15, 0.2) is 42.5 Å². The summed E-state index contributed by atoms with van der Waals surface area (Å²) in [4.78, 5) is 38.8. The van der Waals surface area contributed by atoms with E-state index in [-0.39, 0.29) is 24.5 Å². The van der Waals surface area contributed by atoms with Crippen molar-refractivity contribution in [2.75, 3.05) is 33.9 Å². The zero-order valence-electron chi connectivity index (χ0n) is 19.0. The largest absolute Gasteiger partial charge is 0.513 e. The van der Waals surface area contributed by atoms with Crippen molar-refractivity contribution in [2.24, 2.45) is 0 Å². The number of likely N-dealkylation sites (tertiary alicyclic amines) is 1.